The van der Waals surface area contributed by atoms with Gasteiger partial charge in [0.1, 0.15) is 0 Å². The van der Waals surface area contributed by atoms with Gasteiger partial charge in [-0.25, -0.2) is 0 Å². The number of carbonyl (C=O) groups excluding carboxylic acids is 1. The van der Waals surface area contributed by atoms with Crippen LogP contribution in [0.1, 0.15) is 48.2 Å². The molecule has 1 heterocycles. The normalized spacial score (nSPS) is 13.4. The Morgan fingerprint density at radius 2 is 1.89 bits per heavy atom. The summed E-state index contributed by atoms with van der Waals surface area (Å²) in [5.74, 6) is 0.166. The van der Waals surface area contributed by atoms with Crippen LogP contribution in [-0.2, 0) is 12.8 Å². The van der Waals surface area contributed by atoms with Crippen LogP contribution >= 0.6 is 11.8 Å². The lowest BCUT2D eigenvalue weighted by Gasteiger charge is -2.15. The number of carbonyl (C=O) groups is 1. The van der Waals surface area contributed by atoms with E-state index in [0.717, 1.165) is 23.3 Å². The molecule has 1 aliphatic carbocycles. The number of fused-ring (bicyclic) bond motifs is 1. The van der Waals surface area contributed by atoms with Crippen molar-refractivity contribution in [3.05, 3.63) is 59.2 Å². The van der Waals surface area contributed by atoms with E-state index in [2.05, 4.69) is 41.5 Å². The van der Waals surface area contributed by atoms with Crippen molar-refractivity contribution in [3.63, 3.8) is 0 Å². The molecular formula is C22H23N3O2S. The molecule has 2 aromatic carbocycles. The lowest BCUT2D eigenvalue weighted by Crippen LogP contribution is -2.12. The molecule has 6 heteroatoms. The monoisotopic (exact) mass is 393 g/mol. The van der Waals surface area contributed by atoms with Crippen LogP contribution in [0.25, 0.3) is 11.5 Å². The summed E-state index contributed by atoms with van der Waals surface area (Å²) in [6.07, 6.45) is 4.69. The number of benzene rings is 2. The van der Waals surface area contributed by atoms with Gasteiger partial charge in [-0.2, -0.15) is 0 Å². The molecule has 1 amide bonds. The molecular weight excluding hydrogens is 370 g/mol. The van der Waals surface area contributed by atoms with Gasteiger partial charge in [0.05, 0.1) is 0 Å². The SMILES string of the molecule is CC(C)Sc1cccc(C(=O)Nc2nnc(-c3ccc4c(c3)CCCC4)o2)c1. The second-order valence-electron chi connectivity index (χ2n) is 7.25. The molecule has 0 spiro atoms. The summed E-state index contributed by atoms with van der Waals surface area (Å²) in [4.78, 5) is 13.6. The number of hydrogen-bond acceptors (Lipinski definition) is 5. The summed E-state index contributed by atoms with van der Waals surface area (Å²) in [6.45, 7) is 4.25. The van der Waals surface area contributed by atoms with Gasteiger partial charge in [-0.05, 0) is 67.1 Å². The zero-order valence-electron chi connectivity index (χ0n) is 16.1. The van der Waals surface area contributed by atoms with Gasteiger partial charge in [0.2, 0.25) is 5.89 Å². The smallest absolute Gasteiger partial charge is 0.322 e. The van der Waals surface area contributed by atoms with Gasteiger partial charge in [-0.1, -0.05) is 31.1 Å². The number of aromatic nitrogens is 2. The Labute approximate surface area is 168 Å². The summed E-state index contributed by atoms with van der Waals surface area (Å²) >= 11 is 1.72. The highest BCUT2D eigenvalue weighted by Gasteiger charge is 2.16. The Bertz CT molecular complexity index is 997. The number of rotatable bonds is 5. The molecule has 3 aromatic rings. The molecule has 0 fully saturated rings. The Hall–Kier alpha value is -2.60. The molecule has 4 rings (SSSR count). The predicted octanol–water partition coefficient (Wildman–Crippen LogP) is 5.37. The van der Waals surface area contributed by atoms with Gasteiger partial charge in [-0.15, -0.1) is 16.9 Å². The molecule has 28 heavy (non-hydrogen) atoms. The highest BCUT2D eigenvalue weighted by Crippen LogP contribution is 2.28. The third-order valence-electron chi connectivity index (χ3n) is 4.71. The number of amides is 1. The maximum Gasteiger partial charge on any atom is 0.322 e. The van der Waals surface area contributed by atoms with Crippen LogP contribution in [0, 0.1) is 0 Å². The molecule has 0 saturated carbocycles. The van der Waals surface area contributed by atoms with Gasteiger partial charge >= 0.3 is 6.01 Å². The van der Waals surface area contributed by atoms with E-state index in [0.29, 0.717) is 16.7 Å². The van der Waals surface area contributed by atoms with Crippen LogP contribution in [0.3, 0.4) is 0 Å². The number of thioether (sulfide) groups is 1. The summed E-state index contributed by atoms with van der Waals surface area (Å²) in [7, 11) is 0. The number of nitrogens with zero attached hydrogens (tertiary/aromatic N) is 2. The topological polar surface area (TPSA) is 68.0 Å². The molecule has 1 aromatic heterocycles. The average molecular weight is 394 g/mol. The first-order valence-electron chi connectivity index (χ1n) is 9.62. The van der Waals surface area contributed by atoms with E-state index in [1.807, 2.05) is 24.3 Å². The fourth-order valence-electron chi connectivity index (χ4n) is 3.41. The quantitative estimate of drug-likeness (QED) is 0.590. The first kappa shape index (κ1) is 18.7. The van der Waals surface area contributed by atoms with E-state index >= 15 is 0 Å². The predicted molar refractivity (Wildman–Crippen MR) is 112 cm³/mol. The third kappa shape index (κ3) is 4.28. The van der Waals surface area contributed by atoms with Crippen LogP contribution in [0.15, 0.2) is 51.8 Å². The zero-order valence-corrected chi connectivity index (χ0v) is 16.9. The van der Waals surface area contributed by atoms with Gasteiger partial charge in [0.15, 0.2) is 0 Å². The van der Waals surface area contributed by atoms with Crippen molar-refractivity contribution in [1.82, 2.24) is 10.2 Å². The van der Waals surface area contributed by atoms with Gasteiger partial charge in [0, 0.05) is 21.3 Å². The lowest BCUT2D eigenvalue weighted by atomic mass is 9.90. The summed E-state index contributed by atoms with van der Waals surface area (Å²) < 4.78 is 5.69. The number of anilines is 1. The summed E-state index contributed by atoms with van der Waals surface area (Å²) in [5.41, 5.74) is 4.22. The molecule has 0 aliphatic heterocycles. The van der Waals surface area contributed by atoms with E-state index < -0.39 is 0 Å². The molecule has 5 nitrogen and oxygen atoms in total. The van der Waals surface area contributed by atoms with Gasteiger partial charge in [0.25, 0.3) is 5.91 Å². The van der Waals surface area contributed by atoms with E-state index in [1.54, 1.807) is 17.8 Å². The fraction of sp³-hybridized carbons (Fsp3) is 0.318. The van der Waals surface area contributed by atoms with Crippen molar-refractivity contribution < 1.29 is 9.21 Å². The average Bonchev–Trinajstić information content (AvgIpc) is 3.16. The molecule has 0 radical (unpaired) electrons. The maximum absolute atomic E-state index is 12.5. The summed E-state index contributed by atoms with van der Waals surface area (Å²) in [6, 6.07) is 13.9. The first-order chi connectivity index (χ1) is 13.6. The second kappa shape index (κ2) is 8.19. The van der Waals surface area contributed by atoms with Crippen molar-refractivity contribution in [3.8, 4) is 11.5 Å². The number of hydrogen-bond donors (Lipinski definition) is 1. The molecule has 144 valence electrons. The Kier molecular flexibility index (Phi) is 5.48. The highest BCUT2D eigenvalue weighted by molar-refractivity contribution is 7.99. The van der Waals surface area contributed by atoms with Crippen molar-refractivity contribution >= 4 is 23.7 Å². The first-order valence-corrected chi connectivity index (χ1v) is 10.5. The Balaban J connectivity index is 1.48. The van der Waals surface area contributed by atoms with Crippen LogP contribution in [0.5, 0.6) is 0 Å². The molecule has 0 unspecified atom stereocenters. The number of nitrogens with one attached hydrogen (secondary N) is 1. The molecule has 1 aliphatic rings. The van der Waals surface area contributed by atoms with Gasteiger partial charge in [-0.3, -0.25) is 10.1 Å². The van der Waals surface area contributed by atoms with Crippen LogP contribution in [0.2, 0.25) is 0 Å². The van der Waals surface area contributed by atoms with E-state index in [4.69, 9.17) is 4.42 Å². The molecule has 0 bridgehead atoms. The third-order valence-corrected chi connectivity index (χ3v) is 5.71. The number of aryl methyl sites for hydroxylation is 2. The highest BCUT2D eigenvalue weighted by atomic mass is 32.2. The minimum absolute atomic E-state index is 0.111. The van der Waals surface area contributed by atoms with Crippen molar-refractivity contribution in [2.24, 2.45) is 0 Å². The van der Waals surface area contributed by atoms with Crippen molar-refractivity contribution in [1.29, 1.82) is 0 Å². The van der Waals surface area contributed by atoms with Crippen LogP contribution in [0.4, 0.5) is 6.01 Å². The van der Waals surface area contributed by atoms with Gasteiger partial charge < -0.3 is 4.42 Å². The zero-order chi connectivity index (χ0) is 19.5. The van der Waals surface area contributed by atoms with E-state index in [9.17, 15) is 4.79 Å². The molecule has 0 saturated heterocycles. The molecule has 1 N–H and O–H groups in total. The minimum Gasteiger partial charge on any atom is -0.403 e. The van der Waals surface area contributed by atoms with Crippen LogP contribution < -0.4 is 5.32 Å². The largest absolute Gasteiger partial charge is 0.403 e. The molecule has 0 atom stereocenters. The lowest BCUT2D eigenvalue weighted by molar-refractivity contribution is 0.102. The minimum atomic E-state index is -0.258. The second-order valence-corrected chi connectivity index (χ2v) is 8.90. The standard InChI is InChI=1S/C22H23N3O2S/c1-14(2)28-19-9-5-8-17(13-19)20(26)23-22-25-24-21(27-22)18-11-10-15-6-3-4-7-16(15)12-18/h5,8-14H,3-4,6-7H2,1-2H3,(H,23,25,26). The van der Waals surface area contributed by atoms with Crippen LogP contribution in [-0.4, -0.2) is 21.4 Å². The fourth-order valence-corrected chi connectivity index (χ4v) is 4.31. The van der Waals surface area contributed by atoms with Crippen molar-refractivity contribution in [2.45, 2.75) is 49.7 Å². The van der Waals surface area contributed by atoms with E-state index in [-0.39, 0.29) is 11.9 Å². The summed E-state index contributed by atoms with van der Waals surface area (Å²) in [5, 5.41) is 11.2. The van der Waals surface area contributed by atoms with E-state index in [1.165, 1.54) is 24.0 Å². The maximum atomic E-state index is 12.5. The Morgan fingerprint density at radius 3 is 2.71 bits per heavy atom. The van der Waals surface area contributed by atoms with Crippen molar-refractivity contribution in [2.75, 3.05) is 5.32 Å². The Morgan fingerprint density at radius 1 is 1.07 bits per heavy atom.